The number of hydrogen-bond donors (Lipinski definition) is 1. The normalized spacial score (nSPS) is 24.2. The number of hydrogen-bond acceptors (Lipinski definition) is 3. The minimum absolute atomic E-state index is 0.119. The van der Waals surface area contributed by atoms with E-state index in [2.05, 4.69) is 13.8 Å². The summed E-state index contributed by atoms with van der Waals surface area (Å²) in [5.74, 6) is -0.475. The van der Waals surface area contributed by atoms with Crippen molar-refractivity contribution >= 4 is 15.5 Å². The van der Waals surface area contributed by atoms with Crippen LogP contribution in [0.1, 0.15) is 63.0 Å². The first-order valence-electron chi connectivity index (χ1n) is 9.68. The number of nitrogen functional groups attached to an aromatic ring is 1. The molecule has 5 heteroatoms. The van der Waals surface area contributed by atoms with Gasteiger partial charge in [-0.25, -0.2) is 12.8 Å². The smallest absolute Gasteiger partial charge is 0.179 e. The molecule has 2 atom stereocenters. The van der Waals surface area contributed by atoms with Crippen LogP contribution in [0.15, 0.2) is 47.4 Å². The molecule has 1 aliphatic heterocycles. The van der Waals surface area contributed by atoms with Crippen LogP contribution < -0.4 is 5.73 Å². The van der Waals surface area contributed by atoms with Crippen LogP contribution in [0.3, 0.4) is 0 Å². The van der Waals surface area contributed by atoms with Crippen LogP contribution in [-0.2, 0) is 9.84 Å². The molecule has 0 bridgehead atoms. The van der Waals surface area contributed by atoms with Crippen molar-refractivity contribution in [2.24, 2.45) is 5.41 Å². The molecule has 3 rings (SSSR count). The van der Waals surface area contributed by atoms with E-state index in [0.29, 0.717) is 17.7 Å². The number of rotatable bonds is 5. The van der Waals surface area contributed by atoms with Crippen molar-refractivity contribution < 1.29 is 12.8 Å². The highest BCUT2D eigenvalue weighted by atomic mass is 32.2. The fourth-order valence-electron chi connectivity index (χ4n) is 4.38. The topological polar surface area (TPSA) is 60.2 Å². The third kappa shape index (κ3) is 4.03. The molecule has 0 aromatic heterocycles. The number of fused-ring (bicyclic) bond motifs is 1. The van der Waals surface area contributed by atoms with Gasteiger partial charge in [-0.1, -0.05) is 38.8 Å². The average molecular weight is 390 g/mol. The van der Waals surface area contributed by atoms with Gasteiger partial charge in [0.2, 0.25) is 0 Å². The standard InChI is InChI=1S/C22H28FNO2S/c1-3-5-11-22(4-2)14-20(16-7-6-8-18(24)12-16)19-13-17(23)9-10-21(19)27(25,26)15-22/h6-10,12-13,20H,3-5,11,14-15,24H2,1-2H3/t20-,22-/m1/s1. The molecule has 27 heavy (non-hydrogen) atoms. The van der Waals surface area contributed by atoms with Gasteiger partial charge in [0, 0.05) is 11.6 Å². The minimum atomic E-state index is -3.49. The predicted octanol–water partition coefficient (Wildman–Crippen LogP) is 5.30. The molecule has 1 aliphatic rings. The lowest BCUT2D eigenvalue weighted by Crippen LogP contribution is -2.29. The van der Waals surface area contributed by atoms with Crippen molar-refractivity contribution in [1.29, 1.82) is 0 Å². The maximum Gasteiger partial charge on any atom is 0.179 e. The summed E-state index contributed by atoms with van der Waals surface area (Å²) in [7, 11) is -3.49. The molecule has 146 valence electrons. The van der Waals surface area contributed by atoms with E-state index in [1.807, 2.05) is 24.3 Å². The summed E-state index contributed by atoms with van der Waals surface area (Å²) >= 11 is 0. The van der Waals surface area contributed by atoms with Crippen LogP contribution in [-0.4, -0.2) is 14.2 Å². The molecule has 0 aliphatic carbocycles. The first kappa shape index (κ1) is 19.9. The second-order valence-electron chi connectivity index (χ2n) is 7.83. The quantitative estimate of drug-likeness (QED) is 0.557. The zero-order valence-electron chi connectivity index (χ0n) is 16.0. The van der Waals surface area contributed by atoms with Crippen LogP contribution in [0.25, 0.3) is 0 Å². The predicted molar refractivity (Wildman–Crippen MR) is 108 cm³/mol. The SMILES string of the molecule is CCCC[C@]1(CC)C[C@H](c2cccc(N)c2)c2cc(F)ccc2S(=O)(=O)C1. The third-order valence-corrected chi connectivity index (χ3v) is 7.97. The molecule has 1 heterocycles. The summed E-state index contributed by atoms with van der Waals surface area (Å²) in [4.78, 5) is 0.267. The molecule has 0 amide bonds. The molecule has 0 saturated carbocycles. The molecule has 0 unspecified atom stereocenters. The van der Waals surface area contributed by atoms with Crippen molar-refractivity contribution in [2.75, 3.05) is 11.5 Å². The van der Waals surface area contributed by atoms with Crippen LogP contribution in [0.5, 0.6) is 0 Å². The molecule has 0 saturated heterocycles. The van der Waals surface area contributed by atoms with Gasteiger partial charge in [0.05, 0.1) is 10.6 Å². The van der Waals surface area contributed by atoms with Crippen molar-refractivity contribution in [3.8, 4) is 0 Å². The zero-order chi connectivity index (χ0) is 19.7. The molecule has 2 N–H and O–H groups in total. The van der Waals surface area contributed by atoms with E-state index in [-0.39, 0.29) is 22.0 Å². The summed E-state index contributed by atoms with van der Waals surface area (Å²) in [5, 5.41) is 0. The van der Waals surface area contributed by atoms with Crippen molar-refractivity contribution in [3.05, 3.63) is 59.4 Å². The Labute approximate surface area is 161 Å². The Balaban J connectivity index is 2.22. The molecular weight excluding hydrogens is 361 g/mol. The van der Waals surface area contributed by atoms with Gasteiger partial charge in [-0.2, -0.15) is 0 Å². The van der Waals surface area contributed by atoms with Gasteiger partial charge < -0.3 is 5.73 Å². The highest BCUT2D eigenvalue weighted by molar-refractivity contribution is 7.91. The first-order valence-corrected chi connectivity index (χ1v) is 11.3. The highest BCUT2D eigenvalue weighted by Gasteiger charge is 2.42. The van der Waals surface area contributed by atoms with Gasteiger partial charge in [-0.3, -0.25) is 0 Å². The van der Waals surface area contributed by atoms with Crippen LogP contribution in [0.4, 0.5) is 10.1 Å². The van der Waals surface area contributed by atoms with Gasteiger partial charge in [0.25, 0.3) is 0 Å². The van der Waals surface area contributed by atoms with Crippen molar-refractivity contribution in [2.45, 2.75) is 56.8 Å². The van der Waals surface area contributed by atoms with Gasteiger partial charge >= 0.3 is 0 Å². The van der Waals surface area contributed by atoms with Gasteiger partial charge in [0.1, 0.15) is 5.82 Å². The number of nitrogens with two attached hydrogens (primary N) is 1. The Morgan fingerprint density at radius 3 is 2.63 bits per heavy atom. The van der Waals surface area contributed by atoms with E-state index in [0.717, 1.165) is 31.2 Å². The van der Waals surface area contributed by atoms with Crippen molar-refractivity contribution in [3.63, 3.8) is 0 Å². The van der Waals surface area contributed by atoms with E-state index < -0.39 is 15.7 Å². The fourth-order valence-corrected chi connectivity index (χ4v) is 6.64. The Bertz CT molecular complexity index is 926. The Morgan fingerprint density at radius 1 is 1.19 bits per heavy atom. The number of anilines is 1. The Morgan fingerprint density at radius 2 is 1.96 bits per heavy atom. The summed E-state index contributed by atoms with van der Waals surface area (Å²) in [6.07, 6.45) is 4.32. The zero-order valence-corrected chi connectivity index (χ0v) is 16.9. The Kier molecular flexibility index (Phi) is 5.61. The summed E-state index contributed by atoms with van der Waals surface area (Å²) < 4.78 is 40.6. The van der Waals surface area contributed by atoms with E-state index in [1.54, 1.807) is 0 Å². The highest BCUT2D eigenvalue weighted by Crippen LogP contribution is 2.48. The molecule has 0 spiro atoms. The summed E-state index contributed by atoms with van der Waals surface area (Å²) in [5.41, 5.74) is 7.82. The molecule has 0 radical (unpaired) electrons. The second kappa shape index (κ2) is 7.63. The average Bonchev–Trinajstić information content (AvgIpc) is 2.72. The minimum Gasteiger partial charge on any atom is -0.399 e. The molecule has 2 aromatic rings. The molecule has 2 aromatic carbocycles. The number of benzene rings is 2. The summed E-state index contributed by atoms with van der Waals surface area (Å²) in [6, 6.07) is 11.6. The van der Waals surface area contributed by atoms with Crippen LogP contribution in [0.2, 0.25) is 0 Å². The maximum absolute atomic E-state index is 14.1. The van der Waals surface area contributed by atoms with E-state index in [4.69, 9.17) is 5.73 Å². The van der Waals surface area contributed by atoms with Gasteiger partial charge in [-0.05, 0) is 66.1 Å². The van der Waals surface area contributed by atoms with Gasteiger partial charge in [0.15, 0.2) is 9.84 Å². The number of unbranched alkanes of at least 4 members (excludes halogenated alkanes) is 1. The van der Waals surface area contributed by atoms with Crippen molar-refractivity contribution in [1.82, 2.24) is 0 Å². The number of halogens is 1. The first-order chi connectivity index (χ1) is 12.8. The van der Waals surface area contributed by atoms with E-state index in [1.165, 1.54) is 18.2 Å². The lowest BCUT2D eigenvalue weighted by atomic mass is 9.71. The van der Waals surface area contributed by atoms with Crippen LogP contribution >= 0.6 is 0 Å². The Hall–Kier alpha value is -1.88. The molecule has 3 nitrogen and oxygen atoms in total. The van der Waals surface area contributed by atoms with E-state index >= 15 is 0 Å². The largest absolute Gasteiger partial charge is 0.399 e. The molecular formula is C22H28FNO2S. The van der Waals surface area contributed by atoms with Gasteiger partial charge in [-0.15, -0.1) is 0 Å². The third-order valence-electron chi connectivity index (χ3n) is 5.94. The number of sulfone groups is 1. The fraction of sp³-hybridized carbons (Fsp3) is 0.455. The molecule has 0 fully saturated rings. The monoisotopic (exact) mass is 389 g/mol. The van der Waals surface area contributed by atoms with E-state index in [9.17, 15) is 12.8 Å². The summed E-state index contributed by atoms with van der Waals surface area (Å²) in [6.45, 7) is 4.19. The maximum atomic E-state index is 14.1. The second-order valence-corrected chi connectivity index (χ2v) is 9.78. The van der Waals surface area contributed by atoms with Crippen LogP contribution in [0, 0.1) is 11.2 Å². The lowest BCUT2D eigenvalue weighted by molar-refractivity contribution is 0.247. The lowest BCUT2D eigenvalue weighted by Gasteiger charge is -2.34.